The Morgan fingerprint density at radius 1 is 1.67 bits per heavy atom. The molecule has 1 rings (SSSR count). The molecule has 0 unspecified atom stereocenters. The van der Waals surface area contributed by atoms with Crippen molar-refractivity contribution in [2.75, 3.05) is 7.05 Å². The van der Waals surface area contributed by atoms with Crippen LogP contribution in [-0.2, 0) is 0 Å². The highest BCUT2D eigenvalue weighted by molar-refractivity contribution is 5.93. The highest BCUT2D eigenvalue weighted by atomic mass is 16.4. The van der Waals surface area contributed by atoms with Crippen molar-refractivity contribution in [3.63, 3.8) is 0 Å². The Kier molecular flexibility index (Phi) is 2.14. The Morgan fingerprint density at radius 3 is 2.92 bits per heavy atom. The third-order valence-electron chi connectivity index (χ3n) is 1.29. The van der Waals surface area contributed by atoms with Crippen molar-refractivity contribution in [3.05, 3.63) is 28.3 Å². The van der Waals surface area contributed by atoms with E-state index in [9.17, 15) is 9.59 Å². The number of rotatable bonds is 1. The highest BCUT2D eigenvalue weighted by Crippen LogP contribution is 2.08. The average molecular weight is 169 g/mol. The minimum atomic E-state index is -0.670. The number of hydrogen-bond donors (Lipinski definition) is 2. The van der Waals surface area contributed by atoms with Gasteiger partial charge in [-0.05, 0) is 0 Å². The number of carbonyl (C=O) groups is 1. The molecule has 0 aromatic carbocycles. The summed E-state index contributed by atoms with van der Waals surface area (Å²) in [5, 5.41) is 11.2. The van der Waals surface area contributed by atoms with Gasteiger partial charge in [-0.15, -0.1) is 0 Å². The number of aromatic hydroxyl groups is 1. The van der Waals surface area contributed by atoms with Gasteiger partial charge in [0.1, 0.15) is 0 Å². The second kappa shape index (κ2) is 3.08. The predicted octanol–water partition coefficient (Wildman–Crippen LogP) is -0.295. The largest absolute Gasteiger partial charge is 0.501 e. The first kappa shape index (κ1) is 8.32. The van der Waals surface area contributed by atoms with E-state index in [1.807, 2.05) is 0 Å². The van der Waals surface area contributed by atoms with Gasteiger partial charge in [0, 0.05) is 13.1 Å². The van der Waals surface area contributed by atoms with Crippen LogP contribution in [0.15, 0.2) is 21.5 Å². The van der Waals surface area contributed by atoms with Crippen LogP contribution in [0.4, 0.5) is 0 Å². The molecule has 0 aliphatic heterocycles. The lowest BCUT2D eigenvalue weighted by atomic mass is 10.3. The van der Waals surface area contributed by atoms with Crippen molar-refractivity contribution < 1.29 is 14.3 Å². The van der Waals surface area contributed by atoms with E-state index in [1.54, 1.807) is 0 Å². The van der Waals surface area contributed by atoms with Crippen LogP contribution < -0.4 is 10.7 Å². The summed E-state index contributed by atoms with van der Waals surface area (Å²) in [4.78, 5) is 21.7. The van der Waals surface area contributed by atoms with Crippen LogP contribution in [-0.4, -0.2) is 18.1 Å². The molecule has 5 nitrogen and oxygen atoms in total. The van der Waals surface area contributed by atoms with Crippen LogP contribution in [0.5, 0.6) is 5.75 Å². The van der Waals surface area contributed by atoms with Crippen molar-refractivity contribution in [2.24, 2.45) is 0 Å². The normalized spacial score (nSPS) is 9.42. The Labute approximate surface area is 67.6 Å². The lowest BCUT2D eigenvalue weighted by molar-refractivity contribution is 0.0928. The second-order valence-corrected chi connectivity index (χ2v) is 2.04. The fraction of sp³-hybridized carbons (Fsp3) is 0.143. The van der Waals surface area contributed by atoms with Crippen LogP contribution in [0.3, 0.4) is 0 Å². The molecule has 1 aromatic rings. The molecule has 1 amide bonds. The molecule has 1 aromatic heterocycles. The molecule has 0 saturated heterocycles. The minimum absolute atomic E-state index is 0.370. The summed E-state index contributed by atoms with van der Waals surface area (Å²) in [6.07, 6.45) is 1.05. The molecule has 0 bridgehead atoms. The van der Waals surface area contributed by atoms with E-state index in [0.717, 1.165) is 12.3 Å². The first-order chi connectivity index (χ1) is 5.66. The number of carbonyl (C=O) groups excluding carboxylic acids is 1. The predicted molar refractivity (Wildman–Crippen MR) is 40.0 cm³/mol. The molecule has 12 heavy (non-hydrogen) atoms. The van der Waals surface area contributed by atoms with E-state index >= 15 is 0 Å². The number of amides is 1. The van der Waals surface area contributed by atoms with E-state index in [-0.39, 0.29) is 5.76 Å². The van der Waals surface area contributed by atoms with Gasteiger partial charge in [0.15, 0.2) is 0 Å². The van der Waals surface area contributed by atoms with Crippen LogP contribution in [0.2, 0.25) is 0 Å². The van der Waals surface area contributed by atoms with E-state index in [1.165, 1.54) is 7.05 Å². The van der Waals surface area contributed by atoms with Gasteiger partial charge in [0.25, 0.3) is 5.91 Å². The van der Waals surface area contributed by atoms with Crippen LogP contribution >= 0.6 is 0 Å². The fourth-order valence-corrected chi connectivity index (χ4v) is 0.685. The Bertz CT molecular complexity index is 355. The number of hydrogen-bond acceptors (Lipinski definition) is 4. The molecule has 0 atom stereocenters. The maximum atomic E-state index is 10.9. The maximum absolute atomic E-state index is 10.9. The summed E-state index contributed by atoms with van der Waals surface area (Å²) < 4.78 is 4.63. The zero-order valence-electron chi connectivity index (χ0n) is 6.33. The SMILES string of the molecule is CNC(=O)c1occc(=O)c1O. The molecule has 5 heteroatoms. The summed E-state index contributed by atoms with van der Waals surface area (Å²) in [5.41, 5.74) is -0.639. The quantitative estimate of drug-likeness (QED) is 0.605. The lowest BCUT2D eigenvalue weighted by Crippen LogP contribution is -2.19. The van der Waals surface area contributed by atoms with E-state index in [4.69, 9.17) is 5.11 Å². The standard InChI is InChI=1S/C7H7NO4/c1-8-7(11)6-5(10)4(9)2-3-12-6/h2-3,10H,1H3,(H,8,11). The van der Waals surface area contributed by atoms with Gasteiger partial charge in [-0.25, -0.2) is 0 Å². The van der Waals surface area contributed by atoms with Gasteiger partial charge in [0.2, 0.25) is 16.9 Å². The van der Waals surface area contributed by atoms with Crippen molar-refractivity contribution >= 4 is 5.91 Å². The van der Waals surface area contributed by atoms with Gasteiger partial charge in [0.05, 0.1) is 6.26 Å². The van der Waals surface area contributed by atoms with Gasteiger partial charge in [-0.2, -0.15) is 0 Å². The summed E-state index contributed by atoms with van der Waals surface area (Å²) in [6.45, 7) is 0. The third-order valence-corrected chi connectivity index (χ3v) is 1.29. The summed E-state index contributed by atoms with van der Waals surface area (Å²) >= 11 is 0. The smallest absolute Gasteiger partial charge is 0.290 e. The van der Waals surface area contributed by atoms with E-state index in [2.05, 4.69) is 9.73 Å². The van der Waals surface area contributed by atoms with Gasteiger partial charge in [-0.1, -0.05) is 0 Å². The third kappa shape index (κ3) is 1.29. The molecule has 0 aliphatic carbocycles. The zero-order valence-corrected chi connectivity index (χ0v) is 6.33. The van der Waals surface area contributed by atoms with Crippen molar-refractivity contribution in [1.29, 1.82) is 0 Å². The Balaban J connectivity index is 3.26. The number of nitrogens with one attached hydrogen (secondary N) is 1. The molecule has 0 spiro atoms. The summed E-state index contributed by atoms with van der Waals surface area (Å²) in [6, 6.07) is 1.03. The van der Waals surface area contributed by atoms with Crippen molar-refractivity contribution in [2.45, 2.75) is 0 Å². The van der Waals surface area contributed by atoms with Crippen molar-refractivity contribution in [1.82, 2.24) is 5.32 Å². The second-order valence-electron chi connectivity index (χ2n) is 2.04. The summed E-state index contributed by atoms with van der Waals surface area (Å²) in [7, 11) is 1.37. The van der Waals surface area contributed by atoms with Crippen molar-refractivity contribution in [3.8, 4) is 5.75 Å². The van der Waals surface area contributed by atoms with Gasteiger partial charge < -0.3 is 14.8 Å². The van der Waals surface area contributed by atoms with Crippen LogP contribution in [0.25, 0.3) is 0 Å². The fourth-order valence-electron chi connectivity index (χ4n) is 0.685. The minimum Gasteiger partial charge on any atom is -0.501 e. The van der Waals surface area contributed by atoms with Crippen LogP contribution in [0, 0.1) is 0 Å². The monoisotopic (exact) mass is 169 g/mol. The molecule has 64 valence electrons. The molecule has 1 heterocycles. The molecule has 2 N–H and O–H groups in total. The highest BCUT2D eigenvalue weighted by Gasteiger charge is 2.14. The zero-order chi connectivity index (χ0) is 9.14. The molecular weight excluding hydrogens is 162 g/mol. The molecule has 0 saturated carbocycles. The van der Waals surface area contributed by atoms with Gasteiger partial charge >= 0.3 is 0 Å². The molecule has 0 fully saturated rings. The summed E-state index contributed by atoms with van der Waals surface area (Å²) in [5.74, 6) is -1.67. The Morgan fingerprint density at radius 2 is 2.33 bits per heavy atom. The molecule has 0 radical (unpaired) electrons. The van der Waals surface area contributed by atoms with Gasteiger partial charge in [-0.3, -0.25) is 9.59 Å². The average Bonchev–Trinajstić information content (AvgIpc) is 2.08. The first-order valence-corrected chi connectivity index (χ1v) is 3.19. The van der Waals surface area contributed by atoms with E-state index < -0.39 is 17.1 Å². The topological polar surface area (TPSA) is 79.5 Å². The molecule has 0 aliphatic rings. The first-order valence-electron chi connectivity index (χ1n) is 3.19. The maximum Gasteiger partial charge on any atom is 0.290 e. The van der Waals surface area contributed by atoms with Crippen LogP contribution in [0.1, 0.15) is 10.6 Å². The Hall–Kier alpha value is -1.78. The van der Waals surface area contributed by atoms with E-state index in [0.29, 0.717) is 0 Å². The molecular formula is C7H7NO4. The lowest BCUT2D eigenvalue weighted by Gasteiger charge is -1.98.